The van der Waals surface area contributed by atoms with E-state index in [1.54, 1.807) is 18.2 Å². The van der Waals surface area contributed by atoms with Gasteiger partial charge in [-0.25, -0.2) is 8.78 Å². The number of alkyl halides is 2. The second kappa shape index (κ2) is 6.62. The lowest BCUT2D eigenvalue weighted by Crippen LogP contribution is -2.52. The second-order valence-corrected chi connectivity index (χ2v) is 7.21. The fourth-order valence-electron chi connectivity index (χ4n) is 3.82. The predicted octanol–water partition coefficient (Wildman–Crippen LogP) is 0.383. The quantitative estimate of drug-likeness (QED) is 0.645. The molecule has 4 rings (SSSR count). The Bertz CT molecular complexity index is 888. The van der Waals surface area contributed by atoms with E-state index in [0.29, 0.717) is 16.8 Å². The molecule has 2 atom stereocenters. The van der Waals surface area contributed by atoms with E-state index < -0.39 is 42.8 Å². The summed E-state index contributed by atoms with van der Waals surface area (Å²) in [4.78, 5) is 49.9. The molecule has 10 heteroatoms. The molecule has 3 heterocycles. The molecule has 4 amide bonds. The van der Waals surface area contributed by atoms with Gasteiger partial charge in [0.2, 0.25) is 17.7 Å². The number of fused-ring (bicyclic) bond motifs is 1. The maximum atomic E-state index is 13.3. The first kappa shape index (κ1) is 18.5. The fourth-order valence-corrected chi connectivity index (χ4v) is 3.82. The normalized spacial score (nSPS) is 26.2. The van der Waals surface area contributed by atoms with E-state index in [2.05, 4.69) is 16.0 Å². The van der Waals surface area contributed by atoms with Gasteiger partial charge in [0.05, 0.1) is 12.6 Å². The molecular weight excluding hydrogens is 374 g/mol. The first-order chi connectivity index (χ1) is 13.2. The highest BCUT2D eigenvalue weighted by atomic mass is 19.3. The number of anilines is 1. The van der Waals surface area contributed by atoms with E-state index in [1.165, 1.54) is 4.90 Å². The van der Waals surface area contributed by atoms with Crippen LogP contribution in [0.5, 0.6) is 0 Å². The zero-order valence-corrected chi connectivity index (χ0v) is 14.8. The smallest absolute Gasteiger partial charge is 0.262 e. The number of hydrogen-bond acceptors (Lipinski definition) is 5. The summed E-state index contributed by atoms with van der Waals surface area (Å²) in [6.07, 6.45) is -0.218. The van der Waals surface area contributed by atoms with Crippen LogP contribution in [0.3, 0.4) is 0 Å². The number of piperidine rings is 1. The minimum Gasteiger partial charge on any atom is -0.324 e. The van der Waals surface area contributed by atoms with E-state index >= 15 is 0 Å². The van der Waals surface area contributed by atoms with Gasteiger partial charge in [-0.1, -0.05) is 6.07 Å². The number of carbonyl (C=O) groups is 4. The van der Waals surface area contributed by atoms with Crippen molar-refractivity contribution in [2.75, 3.05) is 11.9 Å². The monoisotopic (exact) mass is 392 g/mol. The Kier molecular flexibility index (Phi) is 4.37. The van der Waals surface area contributed by atoms with Crippen LogP contribution in [0.1, 0.15) is 35.2 Å². The van der Waals surface area contributed by atoms with E-state index in [1.807, 2.05) is 0 Å². The SMILES string of the molecule is O=C1CCC(N2Cc3c(NC(=O)C4CC(F)(F)CN4)cccc3C2=O)C(=O)N1. The van der Waals surface area contributed by atoms with Gasteiger partial charge in [-0.05, 0) is 18.6 Å². The Hall–Kier alpha value is -2.88. The van der Waals surface area contributed by atoms with Gasteiger partial charge >= 0.3 is 0 Å². The summed E-state index contributed by atoms with van der Waals surface area (Å²) in [5.74, 6) is -4.80. The highest BCUT2D eigenvalue weighted by Crippen LogP contribution is 2.33. The Labute approximate surface area is 158 Å². The minimum absolute atomic E-state index is 0.0884. The number of carbonyl (C=O) groups excluding carboxylic acids is 4. The molecule has 3 aliphatic rings. The lowest BCUT2D eigenvalue weighted by Gasteiger charge is -2.29. The van der Waals surface area contributed by atoms with Crippen LogP contribution < -0.4 is 16.0 Å². The minimum atomic E-state index is -2.93. The van der Waals surface area contributed by atoms with Crippen LogP contribution in [0, 0.1) is 0 Å². The van der Waals surface area contributed by atoms with E-state index in [4.69, 9.17) is 0 Å². The molecule has 0 spiro atoms. The zero-order valence-electron chi connectivity index (χ0n) is 14.8. The van der Waals surface area contributed by atoms with Gasteiger partial charge in [-0.15, -0.1) is 0 Å². The summed E-state index contributed by atoms with van der Waals surface area (Å²) < 4.78 is 26.7. The summed E-state index contributed by atoms with van der Waals surface area (Å²) in [7, 11) is 0. The van der Waals surface area contributed by atoms with Gasteiger partial charge in [0.15, 0.2) is 0 Å². The van der Waals surface area contributed by atoms with Crippen LogP contribution in [-0.4, -0.2) is 53.1 Å². The molecule has 2 saturated heterocycles. The molecule has 0 aliphatic carbocycles. The van der Waals surface area contributed by atoms with E-state index in [0.717, 1.165) is 0 Å². The summed E-state index contributed by atoms with van der Waals surface area (Å²) >= 11 is 0. The van der Waals surface area contributed by atoms with Crippen molar-refractivity contribution in [2.45, 2.75) is 43.8 Å². The molecule has 148 valence electrons. The van der Waals surface area contributed by atoms with Crippen LogP contribution in [0.2, 0.25) is 0 Å². The van der Waals surface area contributed by atoms with Crippen molar-refractivity contribution >= 4 is 29.3 Å². The molecule has 2 fully saturated rings. The Morgan fingerprint density at radius 2 is 2.04 bits per heavy atom. The predicted molar refractivity (Wildman–Crippen MR) is 92.5 cm³/mol. The first-order valence-corrected chi connectivity index (χ1v) is 8.94. The van der Waals surface area contributed by atoms with E-state index in [9.17, 15) is 28.0 Å². The molecule has 3 aliphatic heterocycles. The fraction of sp³-hybridized carbons (Fsp3) is 0.444. The maximum Gasteiger partial charge on any atom is 0.262 e. The van der Waals surface area contributed by atoms with Crippen molar-refractivity contribution in [1.29, 1.82) is 0 Å². The van der Waals surface area contributed by atoms with Crippen LogP contribution in [-0.2, 0) is 20.9 Å². The molecule has 1 aromatic carbocycles. The van der Waals surface area contributed by atoms with Crippen molar-refractivity contribution in [3.63, 3.8) is 0 Å². The topological polar surface area (TPSA) is 108 Å². The summed E-state index contributed by atoms with van der Waals surface area (Å²) in [6.45, 7) is -0.467. The Balaban J connectivity index is 1.52. The molecular formula is C18H18F2N4O4. The van der Waals surface area contributed by atoms with Gasteiger partial charge in [0, 0.05) is 36.2 Å². The zero-order chi connectivity index (χ0) is 20.1. The molecule has 0 bridgehead atoms. The number of halogens is 2. The van der Waals surface area contributed by atoms with E-state index in [-0.39, 0.29) is 31.2 Å². The van der Waals surface area contributed by atoms with Crippen molar-refractivity contribution in [3.05, 3.63) is 29.3 Å². The third-order valence-corrected chi connectivity index (χ3v) is 5.27. The number of nitrogens with one attached hydrogen (secondary N) is 3. The van der Waals surface area contributed by atoms with Crippen molar-refractivity contribution in [3.8, 4) is 0 Å². The summed E-state index contributed by atoms with van der Waals surface area (Å²) in [5.41, 5.74) is 1.21. The van der Waals surface area contributed by atoms with Crippen LogP contribution in [0.4, 0.5) is 14.5 Å². The van der Waals surface area contributed by atoms with Gasteiger partial charge in [-0.3, -0.25) is 29.8 Å². The number of hydrogen-bond donors (Lipinski definition) is 3. The number of nitrogens with zero attached hydrogens (tertiary/aromatic N) is 1. The third-order valence-electron chi connectivity index (χ3n) is 5.27. The van der Waals surface area contributed by atoms with Crippen LogP contribution in [0.15, 0.2) is 18.2 Å². The molecule has 2 unspecified atom stereocenters. The maximum absolute atomic E-state index is 13.3. The van der Waals surface area contributed by atoms with Gasteiger partial charge in [0.1, 0.15) is 6.04 Å². The average Bonchev–Trinajstić information content (AvgIpc) is 3.16. The second-order valence-electron chi connectivity index (χ2n) is 7.21. The van der Waals surface area contributed by atoms with Crippen molar-refractivity contribution in [2.24, 2.45) is 0 Å². The third kappa shape index (κ3) is 3.24. The van der Waals surface area contributed by atoms with Crippen molar-refractivity contribution < 1.29 is 28.0 Å². The molecule has 0 saturated carbocycles. The highest BCUT2D eigenvalue weighted by Gasteiger charge is 2.43. The Morgan fingerprint density at radius 1 is 1.25 bits per heavy atom. The largest absolute Gasteiger partial charge is 0.324 e. The van der Waals surface area contributed by atoms with Gasteiger partial charge in [0.25, 0.3) is 11.8 Å². The molecule has 0 aromatic heterocycles. The van der Waals surface area contributed by atoms with Gasteiger partial charge < -0.3 is 10.2 Å². The number of rotatable bonds is 3. The standard InChI is InChI=1S/C18H18F2N4O4/c19-18(20)6-12(21-8-18)15(26)22-11-3-1-2-9-10(11)7-24(17(9)28)13-4-5-14(25)23-16(13)27/h1-3,12-13,21H,4-8H2,(H,22,26)(H,23,25,27). The molecule has 0 radical (unpaired) electrons. The number of imide groups is 1. The average molecular weight is 392 g/mol. The summed E-state index contributed by atoms with van der Waals surface area (Å²) in [5, 5.41) is 7.33. The lowest BCUT2D eigenvalue weighted by molar-refractivity contribution is -0.137. The lowest BCUT2D eigenvalue weighted by atomic mass is 10.0. The van der Waals surface area contributed by atoms with Crippen LogP contribution >= 0.6 is 0 Å². The molecule has 1 aromatic rings. The Morgan fingerprint density at radius 3 is 2.71 bits per heavy atom. The molecule has 3 N–H and O–H groups in total. The molecule has 28 heavy (non-hydrogen) atoms. The highest BCUT2D eigenvalue weighted by molar-refractivity contribution is 6.07. The van der Waals surface area contributed by atoms with Gasteiger partial charge in [-0.2, -0.15) is 0 Å². The number of benzene rings is 1. The van der Waals surface area contributed by atoms with Crippen LogP contribution in [0.25, 0.3) is 0 Å². The first-order valence-electron chi connectivity index (χ1n) is 8.94. The van der Waals surface area contributed by atoms with Crippen molar-refractivity contribution in [1.82, 2.24) is 15.5 Å². The molecule has 8 nitrogen and oxygen atoms in total. The number of amides is 4. The summed E-state index contributed by atoms with van der Waals surface area (Å²) in [6, 6.07) is 2.97.